The van der Waals surface area contributed by atoms with E-state index >= 15 is 0 Å². The van der Waals surface area contributed by atoms with Gasteiger partial charge in [-0.2, -0.15) is 9.97 Å². The van der Waals surface area contributed by atoms with Gasteiger partial charge < -0.3 is 20.1 Å². The van der Waals surface area contributed by atoms with Crippen molar-refractivity contribution in [3.05, 3.63) is 57.0 Å². The maximum Gasteiger partial charge on any atom is 0.319 e. The molecule has 0 radical (unpaired) electrons. The van der Waals surface area contributed by atoms with E-state index in [0.29, 0.717) is 34.2 Å². The molecule has 1 aromatic carbocycles. The Balaban J connectivity index is 2.19. The predicted octanol–water partition coefficient (Wildman–Crippen LogP) is 2.50. The number of allylic oxidation sites excluding steroid dienone is 1. The third-order valence-electron chi connectivity index (χ3n) is 4.37. The lowest BCUT2D eigenvalue weighted by molar-refractivity contribution is -0.384. The van der Waals surface area contributed by atoms with Gasteiger partial charge in [0.15, 0.2) is 5.82 Å². The minimum absolute atomic E-state index is 0.0812. The average Bonchev–Trinajstić information content (AvgIpc) is 2.68. The van der Waals surface area contributed by atoms with E-state index in [1.807, 2.05) is 0 Å². The van der Waals surface area contributed by atoms with Crippen LogP contribution >= 0.6 is 0 Å². The van der Waals surface area contributed by atoms with Crippen molar-refractivity contribution in [2.75, 3.05) is 14.2 Å². The summed E-state index contributed by atoms with van der Waals surface area (Å²) in [4.78, 5) is 31.6. The summed E-state index contributed by atoms with van der Waals surface area (Å²) in [6, 6.07) is 4.93. The number of rotatable bonds is 5. The minimum Gasteiger partial charge on any atom is -0.481 e. The molecule has 2 N–H and O–H groups in total. The number of nitro benzene ring substituents is 1. The summed E-state index contributed by atoms with van der Waals surface area (Å²) in [6.07, 6.45) is 0. The third kappa shape index (κ3) is 3.43. The maximum atomic E-state index is 12.1. The third-order valence-corrected chi connectivity index (χ3v) is 4.37. The number of aromatic nitrogens is 2. The van der Waals surface area contributed by atoms with Gasteiger partial charge in [-0.05, 0) is 19.4 Å². The van der Waals surface area contributed by atoms with Gasteiger partial charge in [0.25, 0.3) is 5.69 Å². The molecule has 1 aliphatic heterocycles. The van der Waals surface area contributed by atoms with Gasteiger partial charge >= 0.3 is 6.03 Å². The second-order valence-corrected chi connectivity index (χ2v) is 6.11. The first-order chi connectivity index (χ1) is 13.3. The quantitative estimate of drug-likeness (QED) is 0.597. The highest BCUT2D eigenvalue weighted by molar-refractivity contribution is 5.87. The lowest BCUT2D eigenvalue weighted by Crippen LogP contribution is -2.43. The number of carbonyl (C=O) groups is 1. The molecule has 0 saturated heterocycles. The molecule has 146 valence electrons. The number of urea groups is 1. The zero-order valence-corrected chi connectivity index (χ0v) is 15.8. The molecular weight excluding hydrogens is 366 g/mol. The normalized spacial score (nSPS) is 16.3. The summed E-state index contributed by atoms with van der Waals surface area (Å²) in [5, 5.41) is 16.6. The number of benzene rings is 1. The number of nitrogens with one attached hydrogen (secondary N) is 2. The largest absolute Gasteiger partial charge is 0.481 e. The molecule has 2 heterocycles. The van der Waals surface area contributed by atoms with E-state index in [9.17, 15) is 14.9 Å². The van der Waals surface area contributed by atoms with E-state index in [0.717, 1.165) is 0 Å². The molecule has 0 aliphatic carbocycles. The van der Waals surface area contributed by atoms with Gasteiger partial charge in [-0.25, -0.2) is 4.79 Å². The zero-order chi connectivity index (χ0) is 20.4. The van der Waals surface area contributed by atoms with Crippen LogP contribution < -0.4 is 20.1 Å². The summed E-state index contributed by atoms with van der Waals surface area (Å²) in [6.45, 7) is 3.47. The van der Waals surface area contributed by atoms with Crippen LogP contribution in [0.5, 0.6) is 11.8 Å². The lowest BCUT2D eigenvalue weighted by Gasteiger charge is -2.28. The number of methoxy groups -OCH3 is 2. The number of hydrogen-bond acceptors (Lipinski definition) is 7. The highest BCUT2D eigenvalue weighted by Gasteiger charge is 2.31. The molecular formula is C18H19N5O5. The van der Waals surface area contributed by atoms with Gasteiger partial charge in [0, 0.05) is 23.4 Å². The van der Waals surface area contributed by atoms with Gasteiger partial charge in [0.05, 0.1) is 30.7 Å². The SMILES string of the molecule is COc1nc(C2=C(C)NC(=O)NC2c2cccc([N+](=O)[O-])c2)nc(OC)c1C. The van der Waals surface area contributed by atoms with Crippen LogP contribution in [0.4, 0.5) is 10.5 Å². The van der Waals surface area contributed by atoms with Crippen molar-refractivity contribution in [3.8, 4) is 11.8 Å². The number of ether oxygens (including phenoxy) is 2. The van der Waals surface area contributed by atoms with Crippen molar-refractivity contribution in [1.82, 2.24) is 20.6 Å². The van der Waals surface area contributed by atoms with Crippen molar-refractivity contribution in [1.29, 1.82) is 0 Å². The van der Waals surface area contributed by atoms with Gasteiger partial charge in [0.1, 0.15) is 0 Å². The molecule has 10 heteroatoms. The lowest BCUT2D eigenvalue weighted by atomic mass is 9.94. The second-order valence-electron chi connectivity index (χ2n) is 6.11. The zero-order valence-electron chi connectivity index (χ0n) is 15.8. The molecule has 1 unspecified atom stereocenters. The van der Waals surface area contributed by atoms with Crippen LogP contribution in [0.3, 0.4) is 0 Å². The molecule has 28 heavy (non-hydrogen) atoms. The van der Waals surface area contributed by atoms with Gasteiger partial charge in [-0.3, -0.25) is 10.1 Å². The molecule has 10 nitrogen and oxygen atoms in total. The Morgan fingerprint density at radius 2 is 1.79 bits per heavy atom. The molecule has 2 amide bonds. The van der Waals surface area contributed by atoms with Crippen molar-refractivity contribution in [3.63, 3.8) is 0 Å². The monoisotopic (exact) mass is 385 g/mol. The number of amides is 2. The highest BCUT2D eigenvalue weighted by Crippen LogP contribution is 2.36. The smallest absolute Gasteiger partial charge is 0.319 e. The van der Waals surface area contributed by atoms with Crippen LogP contribution in [0, 0.1) is 17.0 Å². The first-order valence-corrected chi connectivity index (χ1v) is 8.35. The van der Waals surface area contributed by atoms with Crippen molar-refractivity contribution in [2.24, 2.45) is 0 Å². The highest BCUT2D eigenvalue weighted by atomic mass is 16.6. The topological polar surface area (TPSA) is 129 Å². The predicted molar refractivity (Wildman–Crippen MR) is 100.0 cm³/mol. The second kappa shape index (κ2) is 7.51. The number of non-ortho nitro benzene ring substituents is 1. The van der Waals surface area contributed by atoms with Crippen LogP contribution in [0.2, 0.25) is 0 Å². The van der Waals surface area contributed by atoms with E-state index < -0.39 is 17.0 Å². The van der Waals surface area contributed by atoms with Gasteiger partial charge in [-0.1, -0.05) is 12.1 Å². The van der Waals surface area contributed by atoms with Crippen LogP contribution in [-0.2, 0) is 0 Å². The summed E-state index contributed by atoms with van der Waals surface area (Å²) >= 11 is 0. The van der Waals surface area contributed by atoms with Gasteiger partial charge in [-0.15, -0.1) is 0 Å². The molecule has 1 aromatic heterocycles. The van der Waals surface area contributed by atoms with Crippen LogP contribution in [0.15, 0.2) is 30.0 Å². The molecule has 3 rings (SSSR count). The van der Waals surface area contributed by atoms with E-state index in [2.05, 4.69) is 20.6 Å². The number of nitrogens with zero attached hydrogens (tertiary/aromatic N) is 3. The standard InChI is InChI=1S/C18H19N5O5/c1-9-16(27-3)21-15(22-17(9)28-4)13-10(2)19-18(24)20-14(13)11-6-5-7-12(8-11)23(25)26/h5-8,14H,1-4H3,(H2,19,20,24). The molecule has 2 aromatic rings. The van der Waals surface area contributed by atoms with Gasteiger partial charge in [0.2, 0.25) is 11.8 Å². The van der Waals surface area contributed by atoms with E-state index in [-0.39, 0.29) is 11.5 Å². The van der Waals surface area contributed by atoms with E-state index in [1.54, 1.807) is 26.0 Å². The Labute approximate surface area is 160 Å². The molecule has 0 saturated carbocycles. The molecule has 1 atom stereocenters. The maximum absolute atomic E-state index is 12.1. The summed E-state index contributed by atoms with van der Waals surface area (Å²) in [5.41, 5.74) is 2.15. The summed E-state index contributed by atoms with van der Waals surface area (Å²) < 4.78 is 10.6. The van der Waals surface area contributed by atoms with Crippen molar-refractivity contribution in [2.45, 2.75) is 19.9 Å². The Morgan fingerprint density at radius 1 is 1.14 bits per heavy atom. The summed E-state index contributed by atoms with van der Waals surface area (Å²) in [5.74, 6) is 0.939. The van der Waals surface area contributed by atoms with Crippen LogP contribution in [0.25, 0.3) is 5.57 Å². The van der Waals surface area contributed by atoms with Crippen molar-refractivity contribution < 1.29 is 19.2 Å². The Hall–Kier alpha value is -3.69. The number of hydrogen-bond donors (Lipinski definition) is 2. The minimum atomic E-state index is -0.689. The average molecular weight is 385 g/mol. The van der Waals surface area contributed by atoms with Crippen LogP contribution in [-0.4, -0.2) is 35.1 Å². The molecule has 1 aliphatic rings. The Bertz CT molecular complexity index is 963. The Kier molecular flexibility index (Phi) is 5.12. The van der Waals surface area contributed by atoms with Crippen molar-refractivity contribution >= 4 is 17.3 Å². The fourth-order valence-electron chi connectivity index (χ4n) is 3.05. The Morgan fingerprint density at radius 3 is 2.36 bits per heavy atom. The van der Waals surface area contributed by atoms with E-state index in [4.69, 9.17) is 9.47 Å². The summed E-state index contributed by atoms with van der Waals surface area (Å²) in [7, 11) is 2.97. The number of nitro groups is 1. The number of carbonyl (C=O) groups excluding carboxylic acids is 1. The fourth-order valence-corrected chi connectivity index (χ4v) is 3.05. The first kappa shape index (κ1) is 19.1. The fraction of sp³-hybridized carbons (Fsp3) is 0.278. The molecule has 0 spiro atoms. The molecule has 0 bridgehead atoms. The first-order valence-electron chi connectivity index (χ1n) is 8.35. The van der Waals surface area contributed by atoms with Crippen LogP contribution in [0.1, 0.15) is 29.9 Å². The molecule has 0 fully saturated rings. The van der Waals surface area contributed by atoms with E-state index in [1.165, 1.54) is 26.4 Å².